The summed E-state index contributed by atoms with van der Waals surface area (Å²) in [5.41, 5.74) is 1.60. The molecule has 0 amide bonds. The standard InChI is InChI=1S/C24H43N7/c1-14(2)29(15(3)4)22-21-20(26-24(28-22)31(18(9)10)19(11)12)13-25-23(27-21)30(16(5)6)17(7)8/h13-19H,1-12H3. The van der Waals surface area contributed by atoms with Gasteiger partial charge < -0.3 is 14.7 Å². The van der Waals surface area contributed by atoms with Gasteiger partial charge in [0.25, 0.3) is 0 Å². The molecule has 2 heterocycles. The molecule has 2 aromatic heterocycles. The monoisotopic (exact) mass is 429 g/mol. The van der Waals surface area contributed by atoms with Crippen LogP contribution in [0, 0.1) is 0 Å². The lowest BCUT2D eigenvalue weighted by Gasteiger charge is -2.35. The number of hydrogen-bond donors (Lipinski definition) is 0. The lowest BCUT2D eigenvalue weighted by atomic mass is 10.2. The summed E-state index contributed by atoms with van der Waals surface area (Å²) in [5.74, 6) is 2.35. The first-order valence-electron chi connectivity index (χ1n) is 11.8. The average molecular weight is 430 g/mol. The molecule has 0 spiro atoms. The predicted octanol–water partition coefficient (Wildman–Crippen LogP) is 5.29. The molecule has 0 aliphatic rings. The first-order chi connectivity index (χ1) is 14.4. The molecule has 0 N–H and O–H groups in total. The van der Waals surface area contributed by atoms with Crippen LogP contribution in [0.15, 0.2) is 6.20 Å². The van der Waals surface area contributed by atoms with Crippen molar-refractivity contribution < 1.29 is 0 Å². The second kappa shape index (κ2) is 9.96. The molecule has 0 radical (unpaired) electrons. The van der Waals surface area contributed by atoms with E-state index in [2.05, 4.69) is 97.8 Å². The number of fused-ring (bicyclic) bond motifs is 1. The molecule has 2 rings (SSSR count). The van der Waals surface area contributed by atoms with Crippen molar-refractivity contribution in [1.29, 1.82) is 0 Å². The van der Waals surface area contributed by atoms with Crippen LogP contribution >= 0.6 is 0 Å². The molecule has 0 aliphatic carbocycles. The van der Waals surface area contributed by atoms with E-state index in [1.165, 1.54) is 0 Å². The van der Waals surface area contributed by atoms with Crippen molar-refractivity contribution in [3.8, 4) is 0 Å². The number of aromatic nitrogens is 4. The Morgan fingerprint density at radius 3 is 1.35 bits per heavy atom. The summed E-state index contributed by atoms with van der Waals surface area (Å²) in [7, 11) is 0. The highest BCUT2D eigenvalue weighted by atomic mass is 15.3. The first kappa shape index (κ1) is 25.1. The van der Waals surface area contributed by atoms with E-state index in [-0.39, 0.29) is 24.2 Å². The van der Waals surface area contributed by atoms with Crippen molar-refractivity contribution in [2.24, 2.45) is 0 Å². The van der Waals surface area contributed by atoms with Crippen LogP contribution in [0.25, 0.3) is 11.0 Å². The van der Waals surface area contributed by atoms with E-state index in [1.54, 1.807) is 0 Å². The highest BCUT2D eigenvalue weighted by molar-refractivity contribution is 5.87. The molecular weight excluding hydrogens is 386 g/mol. The number of hydrogen-bond acceptors (Lipinski definition) is 7. The number of rotatable bonds is 9. The van der Waals surface area contributed by atoms with Gasteiger partial charge in [-0.2, -0.15) is 4.98 Å². The fourth-order valence-corrected chi connectivity index (χ4v) is 4.51. The molecule has 31 heavy (non-hydrogen) atoms. The summed E-state index contributed by atoms with van der Waals surface area (Å²) in [6.45, 7) is 26.2. The average Bonchev–Trinajstić information content (AvgIpc) is 2.60. The van der Waals surface area contributed by atoms with Crippen molar-refractivity contribution >= 4 is 28.7 Å². The Kier molecular flexibility index (Phi) is 8.06. The highest BCUT2D eigenvalue weighted by Gasteiger charge is 2.26. The van der Waals surface area contributed by atoms with Crippen LogP contribution in [0.4, 0.5) is 17.7 Å². The second-order valence-electron chi connectivity index (χ2n) is 10.0. The summed E-state index contributed by atoms with van der Waals surface area (Å²) in [4.78, 5) is 26.6. The first-order valence-corrected chi connectivity index (χ1v) is 11.8. The van der Waals surface area contributed by atoms with E-state index in [0.29, 0.717) is 12.1 Å². The van der Waals surface area contributed by atoms with Crippen molar-refractivity contribution in [3.63, 3.8) is 0 Å². The van der Waals surface area contributed by atoms with E-state index in [4.69, 9.17) is 19.9 Å². The lowest BCUT2D eigenvalue weighted by molar-refractivity contribution is 0.580. The van der Waals surface area contributed by atoms with Gasteiger partial charge in [-0.05, 0) is 83.1 Å². The van der Waals surface area contributed by atoms with Gasteiger partial charge in [0, 0.05) is 36.3 Å². The molecule has 0 fully saturated rings. The summed E-state index contributed by atoms with van der Waals surface area (Å²) in [6, 6.07) is 1.72. The third-order valence-electron chi connectivity index (χ3n) is 5.44. The van der Waals surface area contributed by atoms with Crippen molar-refractivity contribution in [2.75, 3.05) is 14.7 Å². The number of anilines is 3. The van der Waals surface area contributed by atoms with Crippen molar-refractivity contribution in [1.82, 2.24) is 19.9 Å². The zero-order valence-electron chi connectivity index (χ0n) is 21.7. The van der Waals surface area contributed by atoms with E-state index < -0.39 is 0 Å². The lowest BCUT2D eigenvalue weighted by Crippen LogP contribution is -2.41. The number of nitrogens with zero attached hydrogens (tertiary/aromatic N) is 7. The van der Waals surface area contributed by atoms with E-state index in [0.717, 1.165) is 28.7 Å². The fraction of sp³-hybridized carbons (Fsp3) is 0.750. The van der Waals surface area contributed by atoms with E-state index >= 15 is 0 Å². The van der Waals surface area contributed by atoms with Crippen LogP contribution in [0.5, 0.6) is 0 Å². The van der Waals surface area contributed by atoms with Crippen LogP contribution in [0.1, 0.15) is 83.1 Å². The summed E-state index contributed by atoms with van der Waals surface area (Å²) >= 11 is 0. The quantitative estimate of drug-likeness (QED) is 0.537. The summed E-state index contributed by atoms with van der Waals surface area (Å²) in [6.07, 6.45) is 1.86. The summed E-state index contributed by atoms with van der Waals surface area (Å²) in [5, 5.41) is 0. The fourth-order valence-electron chi connectivity index (χ4n) is 4.51. The largest absolute Gasteiger partial charge is 0.350 e. The zero-order valence-corrected chi connectivity index (χ0v) is 21.7. The molecule has 7 nitrogen and oxygen atoms in total. The van der Waals surface area contributed by atoms with Gasteiger partial charge in [-0.1, -0.05) is 0 Å². The maximum atomic E-state index is 5.11. The van der Waals surface area contributed by atoms with Gasteiger partial charge in [0.15, 0.2) is 5.82 Å². The van der Waals surface area contributed by atoms with Crippen LogP contribution in [0.3, 0.4) is 0 Å². The minimum atomic E-state index is 0.280. The van der Waals surface area contributed by atoms with Gasteiger partial charge in [0.2, 0.25) is 11.9 Å². The molecule has 7 heteroatoms. The third-order valence-corrected chi connectivity index (χ3v) is 5.44. The Morgan fingerprint density at radius 2 is 0.935 bits per heavy atom. The topological polar surface area (TPSA) is 61.3 Å². The SMILES string of the molecule is CC(C)N(c1nc(N(C(C)C)C(C)C)c2nc(N(C(C)C)C(C)C)ncc2n1)C(C)C. The molecule has 0 bridgehead atoms. The maximum Gasteiger partial charge on any atom is 0.228 e. The molecular formula is C24H43N7. The molecule has 174 valence electrons. The van der Waals surface area contributed by atoms with Gasteiger partial charge in [0.1, 0.15) is 11.0 Å². The van der Waals surface area contributed by atoms with Gasteiger partial charge >= 0.3 is 0 Å². The van der Waals surface area contributed by atoms with Gasteiger partial charge in [0.05, 0.1) is 6.20 Å². The Hall–Kier alpha value is -2.18. The maximum absolute atomic E-state index is 5.11. The van der Waals surface area contributed by atoms with E-state index in [1.807, 2.05) is 6.20 Å². The zero-order chi connectivity index (χ0) is 23.6. The van der Waals surface area contributed by atoms with Crippen LogP contribution < -0.4 is 14.7 Å². The van der Waals surface area contributed by atoms with Crippen molar-refractivity contribution in [3.05, 3.63) is 6.20 Å². The van der Waals surface area contributed by atoms with Crippen LogP contribution in [-0.4, -0.2) is 56.2 Å². The third kappa shape index (κ3) is 5.36. The second-order valence-corrected chi connectivity index (χ2v) is 10.0. The Bertz CT molecular complexity index is 834. The minimum absolute atomic E-state index is 0.280. The van der Waals surface area contributed by atoms with Crippen LogP contribution in [-0.2, 0) is 0 Å². The normalized spacial score (nSPS) is 12.3. The molecule has 0 atom stereocenters. The van der Waals surface area contributed by atoms with E-state index in [9.17, 15) is 0 Å². The highest BCUT2D eigenvalue weighted by Crippen LogP contribution is 2.31. The molecule has 0 saturated heterocycles. The summed E-state index contributed by atoms with van der Waals surface area (Å²) < 4.78 is 0. The van der Waals surface area contributed by atoms with Gasteiger partial charge in [-0.15, -0.1) is 0 Å². The molecule has 0 saturated carbocycles. The molecule has 2 aromatic rings. The Morgan fingerprint density at radius 1 is 0.516 bits per heavy atom. The smallest absolute Gasteiger partial charge is 0.228 e. The van der Waals surface area contributed by atoms with Crippen LogP contribution in [0.2, 0.25) is 0 Å². The molecule has 0 aromatic carbocycles. The van der Waals surface area contributed by atoms with Crippen molar-refractivity contribution in [2.45, 2.75) is 119 Å². The Balaban J connectivity index is 2.84. The van der Waals surface area contributed by atoms with Gasteiger partial charge in [-0.25, -0.2) is 15.0 Å². The van der Waals surface area contributed by atoms with Gasteiger partial charge in [-0.3, -0.25) is 0 Å². The molecule has 0 aliphatic heterocycles. The minimum Gasteiger partial charge on any atom is -0.350 e. The predicted molar refractivity (Wildman–Crippen MR) is 133 cm³/mol. The molecule has 0 unspecified atom stereocenters. The Labute approximate surface area is 189 Å².